The number of aromatic carboxylic acids is 2. The summed E-state index contributed by atoms with van der Waals surface area (Å²) in [7, 11) is 5.63. The summed E-state index contributed by atoms with van der Waals surface area (Å²) in [6, 6.07) is 16.2. The summed E-state index contributed by atoms with van der Waals surface area (Å²) in [5.41, 5.74) is 9.74. The molecule has 0 fully saturated rings. The molecule has 0 bridgehead atoms. The van der Waals surface area contributed by atoms with Crippen molar-refractivity contribution in [3.05, 3.63) is 95.6 Å². The van der Waals surface area contributed by atoms with Crippen molar-refractivity contribution in [2.75, 3.05) is 28.4 Å². The zero-order valence-corrected chi connectivity index (χ0v) is 31.5. The molecule has 4 heterocycles. The number of ether oxygens (including phenoxy) is 4. The molecular formula is C40H40N6O9. The quantitative estimate of drug-likeness (QED) is 0.139. The number of carbonyl (C=O) groups excluding carboxylic acids is 1. The zero-order chi connectivity index (χ0) is 40.4. The number of nitrogens with zero attached hydrogens (tertiary/aromatic N) is 5. The van der Waals surface area contributed by atoms with Crippen molar-refractivity contribution in [3.63, 3.8) is 0 Å². The van der Waals surface area contributed by atoms with Crippen LogP contribution in [-0.4, -0.2) is 75.3 Å². The number of aromatic nitrogens is 4. The fourth-order valence-corrected chi connectivity index (χ4v) is 5.91. The largest absolute Gasteiger partial charge is 0.496 e. The molecule has 0 saturated heterocycles. The fraction of sp³-hybridized carbons (Fsp3) is 0.250. The number of rotatable bonds is 11. The van der Waals surface area contributed by atoms with Gasteiger partial charge in [-0.2, -0.15) is 5.26 Å². The molecule has 4 aromatic heterocycles. The minimum Gasteiger partial charge on any atom is -0.496 e. The van der Waals surface area contributed by atoms with Gasteiger partial charge in [-0.25, -0.2) is 19.6 Å². The van der Waals surface area contributed by atoms with Crippen molar-refractivity contribution in [1.82, 2.24) is 18.8 Å². The highest BCUT2D eigenvalue weighted by Gasteiger charge is 2.28. The van der Waals surface area contributed by atoms with Gasteiger partial charge in [0.1, 0.15) is 45.4 Å². The van der Waals surface area contributed by atoms with Crippen LogP contribution in [0.3, 0.4) is 0 Å². The highest BCUT2D eigenvalue weighted by molar-refractivity contribution is 5.96. The lowest BCUT2D eigenvalue weighted by Crippen LogP contribution is -2.35. The first-order chi connectivity index (χ1) is 26.0. The van der Waals surface area contributed by atoms with Gasteiger partial charge in [0.2, 0.25) is 5.91 Å². The number of amides is 1. The van der Waals surface area contributed by atoms with Crippen molar-refractivity contribution in [2.24, 2.45) is 5.73 Å². The third-order valence-electron chi connectivity index (χ3n) is 9.40. The number of nitrogens with two attached hydrogens (primary N) is 1. The van der Waals surface area contributed by atoms with Gasteiger partial charge in [0, 0.05) is 23.5 Å². The van der Waals surface area contributed by atoms with Crippen LogP contribution in [0.15, 0.2) is 73.3 Å². The predicted octanol–water partition coefficient (Wildman–Crippen LogP) is 6.00. The highest BCUT2D eigenvalue weighted by Crippen LogP contribution is 2.37. The van der Waals surface area contributed by atoms with Gasteiger partial charge in [0.25, 0.3) is 0 Å². The Morgan fingerprint density at radius 1 is 0.673 bits per heavy atom. The summed E-state index contributed by atoms with van der Waals surface area (Å²) in [5.74, 6) is -1.93. The lowest BCUT2D eigenvalue weighted by Gasteiger charge is -2.21. The Morgan fingerprint density at radius 3 is 1.36 bits per heavy atom. The summed E-state index contributed by atoms with van der Waals surface area (Å²) >= 11 is 0. The average Bonchev–Trinajstić information content (AvgIpc) is 3.80. The van der Waals surface area contributed by atoms with E-state index in [9.17, 15) is 29.9 Å². The molecule has 15 nitrogen and oxygen atoms in total. The van der Waals surface area contributed by atoms with Crippen LogP contribution in [0.4, 0.5) is 0 Å². The van der Waals surface area contributed by atoms with E-state index in [4.69, 9.17) is 24.7 Å². The lowest BCUT2D eigenvalue weighted by atomic mass is 9.84. The topological polar surface area (TPSA) is 213 Å². The van der Waals surface area contributed by atoms with Crippen LogP contribution in [0.25, 0.3) is 33.8 Å². The zero-order valence-electron chi connectivity index (χ0n) is 31.5. The van der Waals surface area contributed by atoms with E-state index < -0.39 is 28.7 Å². The molecule has 0 aliphatic rings. The second kappa shape index (κ2) is 15.1. The third-order valence-corrected chi connectivity index (χ3v) is 9.40. The minimum absolute atomic E-state index is 0.0318. The van der Waals surface area contributed by atoms with E-state index >= 15 is 0 Å². The molecule has 55 heavy (non-hydrogen) atoms. The first kappa shape index (κ1) is 39.1. The van der Waals surface area contributed by atoms with E-state index in [-0.39, 0.29) is 34.1 Å². The number of nitriles is 1. The van der Waals surface area contributed by atoms with Crippen molar-refractivity contribution in [1.29, 1.82) is 5.26 Å². The molecule has 0 radical (unpaired) electrons. The van der Waals surface area contributed by atoms with Gasteiger partial charge in [-0.15, -0.1) is 0 Å². The molecule has 0 spiro atoms. The highest BCUT2D eigenvalue weighted by atomic mass is 16.5. The van der Waals surface area contributed by atoms with Gasteiger partial charge in [-0.05, 0) is 87.4 Å². The summed E-state index contributed by atoms with van der Waals surface area (Å²) in [6.45, 7) is 7.21. The van der Waals surface area contributed by atoms with Crippen LogP contribution >= 0.6 is 0 Å². The standard InChI is InChI=1S/C20H21N3O5.C20H19N3O4/c1-20(2,19(21)26)12-5-6-23-13(10-22-16(23)9-12)11-7-14(27-3)17(18(24)25)15(8-11)28-4;1-20(2,11-21)13-5-6-23-14(10-22-17(23)9-13)12-7-15(26-3)18(19(24)25)16(8-12)27-4/h5-10H,1-4H3,(H2,21,26)(H,24,25);5-10H,1-4H3,(H,24,25). The van der Waals surface area contributed by atoms with E-state index in [1.807, 2.05) is 47.0 Å². The van der Waals surface area contributed by atoms with Gasteiger partial charge >= 0.3 is 11.9 Å². The monoisotopic (exact) mass is 748 g/mol. The Kier molecular flexibility index (Phi) is 10.8. The van der Waals surface area contributed by atoms with Gasteiger partial charge in [0.05, 0.1) is 69.1 Å². The smallest absolute Gasteiger partial charge is 0.343 e. The van der Waals surface area contributed by atoms with Crippen LogP contribution in [0.5, 0.6) is 23.0 Å². The molecule has 1 amide bonds. The number of benzene rings is 2. The molecule has 0 aliphatic heterocycles. The lowest BCUT2D eigenvalue weighted by molar-refractivity contribution is -0.122. The summed E-state index contributed by atoms with van der Waals surface area (Å²) < 4.78 is 24.7. The van der Waals surface area contributed by atoms with Crippen molar-refractivity contribution < 1.29 is 43.5 Å². The van der Waals surface area contributed by atoms with E-state index in [0.29, 0.717) is 28.1 Å². The summed E-state index contributed by atoms with van der Waals surface area (Å²) in [5, 5.41) is 28.2. The van der Waals surface area contributed by atoms with E-state index in [1.165, 1.54) is 28.4 Å². The fourth-order valence-electron chi connectivity index (χ4n) is 5.91. The maximum Gasteiger partial charge on any atom is 0.343 e. The molecule has 0 aliphatic carbocycles. The molecular weight excluding hydrogens is 708 g/mol. The Labute approximate surface area is 316 Å². The average molecular weight is 749 g/mol. The molecule has 0 unspecified atom stereocenters. The number of fused-ring (bicyclic) bond motifs is 2. The predicted molar refractivity (Wildman–Crippen MR) is 202 cm³/mol. The molecule has 0 atom stereocenters. The Balaban J connectivity index is 0.000000211. The van der Waals surface area contributed by atoms with Crippen LogP contribution in [0.2, 0.25) is 0 Å². The maximum absolute atomic E-state index is 11.7. The number of primary amides is 1. The second-order valence-electron chi connectivity index (χ2n) is 13.4. The van der Waals surface area contributed by atoms with Crippen molar-refractivity contribution >= 4 is 29.1 Å². The van der Waals surface area contributed by atoms with Crippen molar-refractivity contribution in [3.8, 4) is 51.6 Å². The number of hydrogen-bond acceptors (Lipinski definition) is 10. The maximum atomic E-state index is 11.7. The molecule has 6 rings (SSSR count). The van der Waals surface area contributed by atoms with E-state index in [1.54, 1.807) is 62.8 Å². The van der Waals surface area contributed by atoms with Gasteiger partial charge in [0.15, 0.2) is 0 Å². The van der Waals surface area contributed by atoms with E-state index in [2.05, 4.69) is 16.0 Å². The first-order valence-corrected chi connectivity index (χ1v) is 16.7. The Hall–Kier alpha value is -7.08. The minimum atomic E-state index is -1.14. The molecule has 6 aromatic rings. The van der Waals surface area contributed by atoms with Crippen LogP contribution < -0.4 is 24.7 Å². The number of carbonyl (C=O) groups is 3. The number of carboxylic acids is 2. The van der Waals surface area contributed by atoms with Gasteiger partial charge in [-0.1, -0.05) is 0 Å². The molecule has 284 valence electrons. The first-order valence-electron chi connectivity index (χ1n) is 16.7. The Morgan fingerprint density at radius 2 is 1.04 bits per heavy atom. The summed E-state index contributed by atoms with van der Waals surface area (Å²) in [6.07, 6.45) is 6.98. The van der Waals surface area contributed by atoms with Crippen LogP contribution in [-0.2, 0) is 15.6 Å². The number of imidazole rings is 2. The molecule has 0 saturated carbocycles. The Bertz CT molecular complexity index is 2460. The van der Waals surface area contributed by atoms with Gasteiger partial charge in [-0.3, -0.25) is 13.6 Å². The van der Waals surface area contributed by atoms with Crippen molar-refractivity contribution in [2.45, 2.75) is 38.5 Å². The SMILES string of the molecule is COc1cc(-c2cnc3cc(C(C)(C)C#N)ccn23)cc(OC)c1C(=O)O.COc1cc(-c2cnc3cc(C(C)(C)C(N)=O)ccn23)cc(OC)c1C(=O)O. The summed E-state index contributed by atoms with van der Waals surface area (Å²) in [4.78, 5) is 43.6. The van der Waals surface area contributed by atoms with E-state index in [0.717, 1.165) is 16.8 Å². The number of hydrogen-bond donors (Lipinski definition) is 3. The van der Waals surface area contributed by atoms with Crippen LogP contribution in [0.1, 0.15) is 59.5 Å². The second-order valence-corrected chi connectivity index (χ2v) is 13.4. The van der Waals surface area contributed by atoms with Crippen LogP contribution in [0, 0.1) is 11.3 Å². The molecule has 4 N–H and O–H groups in total. The third kappa shape index (κ3) is 7.30. The molecule has 15 heteroatoms. The number of methoxy groups -OCH3 is 4. The number of carboxylic acid groups (broad SMARTS) is 2. The van der Waals surface area contributed by atoms with Gasteiger partial charge < -0.3 is 34.9 Å². The normalized spacial score (nSPS) is 11.3. The molecule has 2 aromatic carbocycles. The number of pyridine rings is 2.